The van der Waals surface area contributed by atoms with Crippen LogP contribution in [0, 0.1) is 0 Å². The number of hydrogen-bond acceptors (Lipinski definition) is 3. The first kappa shape index (κ1) is 22.8. The number of hydrogen-bond donors (Lipinski definition) is 2. The third kappa shape index (κ3) is 6.25. The lowest BCUT2D eigenvalue weighted by molar-refractivity contribution is -0.137. The van der Waals surface area contributed by atoms with Crippen molar-refractivity contribution in [2.45, 2.75) is 50.2 Å². The summed E-state index contributed by atoms with van der Waals surface area (Å²) >= 11 is 0. The van der Waals surface area contributed by atoms with Crippen LogP contribution < -0.4 is 0 Å². The zero-order valence-electron chi connectivity index (χ0n) is 16.5. The fourth-order valence-corrected chi connectivity index (χ4v) is 3.34. The molecule has 1 aromatic rings. The van der Waals surface area contributed by atoms with Crippen LogP contribution in [-0.4, -0.2) is 64.3 Å². The van der Waals surface area contributed by atoms with E-state index >= 15 is 0 Å². The monoisotopic (exact) mass is 410 g/mol. The van der Waals surface area contributed by atoms with Gasteiger partial charge in [0.05, 0.1) is 6.04 Å². The summed E-state index contributed by atoms with van der Waals surface area (Å²) in [4.78, 5) is 25.9. The predicted molar refractivity (Wildman–Crippen MR) is 105 cm³/mol. The third-order valence-electron chi connectivity index (χ3n) is 5.02. The van der Waals surface area contributed by atoms with Gasteiger partial charge in [-0.2, -0.15) is 8.78 Å². The number of amides is 2. The molecule has 0 aliphatic carbocycles. The quantitative estimate of drug-likeness (QED) is 0.432. The average Bonchev–Trinajstić information content (AvgIpc) is 2.96. The number of aliphatic hydroxyl groups is 1. The summed E-state index contributed by atoms with van der Waals surface area (Å²) in [6.45, 7) is 0.814. The second kappa shape index (κ2) is 10.3. The van der Waals surface area contributed by atoms with Gasteiger partial charge in [-0.15, -0.1) is 0 Å². The number of aliphatic hydroxyl groups excluding tert-OH is 1. The minimum Gasteiger partial charge on any atom is -0.481 e. The van der Waals surface area contributed by atoms with Crippen LogP contribution in [0.15, 0.2) is 42.5 Å². The van der Waals surface area contributed by atoms with E-state index in [0.717, 1.165) is 18.9 Å². The van der Waals surface area contributed by atoms with E-state index in [4.69, 9.17) is 5.11 Å². The van der Waals surface area contributed by atoms with Crippen molar-refractivity contribution in [2.24, 2.45) is 0 Å². The number of carbonyl (C=O) groups is 2. The molecule has 1 aliphatic heterocycles. The lowest BCUT2D eigenvalue weighted by Crippen LogP contribution is -2.35. The summed E-state index contributed by atoms with van der Waals surface area (Å²) in [5, 5.41) is 18.7. The molecule has 1 aromatic carbocycles. The lowest BCUT2D eigenvalue weighted by Gasteiger charge is -2.23. The highest BCUT2D eigenvalue weighted by molar-refractivity contribution is 5.77. The Morgan fingerprint density at radius 3 is 2.55 bits per heavy atom. The number of carbonyl (C=O) groups excluding carboxylic acids is 1. The van der Waals surface area contributed by atoms with Crippen LogP contribution in [0.2, 0.25) is 0 Å². The van der Waals surface area contributed by atoms with Crippen molar-refractivity contribution in [1.82, 2.24) is 9.80 Å². The lowest BCUT2D eigenvalue weighted by atomic mass is 10.0. The second-order valence-corrected chi connectivity index (χ2v) is 7.30. The van der Waals surface area contributed by atoms with Crippen LogP contribution in [-0.2, 0) is 10.7 Å². The van der Waals surface area contributed by atoms with Gasteiger partial charge in [-0.05, 0) is 12.8 Å². The minimum atomic E-state index is -3.43. The number of benzene rings is 1. The van der Waals surface area contributed by atoms with Crippen LogP contribution >= 0.6 is 0 Å². The average molecular weight is 410 g/mol. The molecule has 0 radical (unpaired) electrons. The van der Waals surface area contributed by atoms with E-state index in [0.29, 0.717) is 25.9 Å². The van der Waals surface area contributed by atoms with Crippen molar-refractivity contribution in [1.29, 1.82) is 0 Å². The number of carboxylic acids is 1. The molecule has 1 unspecified atom stereocenters. The van der Waals surface area contributed by atoms with Gasteiger partial charge in [0.2, 0.25) is 0 Å². The van der Waals surface area contributed by atoms with E-state index < -0.39 is 24.0 Å². The van der Waals surface area contributed by atoms with E-state index in [1.54, 1.807) is 18.0 Å². The highest BCUT2D eigenvalue weighted by Crippen LogP contribution is 2.32. The first-order valence-electron chi connectivity index (χ1n) is 9.76. The SMILES string of the molecule is CN1C[C@H](/C=C/C(O)C(F)(F)c2ccccc2)N(CCCCCCC(=O)O)C1=O. The Balaban J connectivity index is 1.92. The van der Waals surface area contributed by atoms with Crippen LogP contribution in [0.3, 0.4) is 0 Å². The number of halogens is 2. The zero-order chi connectivity index (χ0) is 21.4. The molecule has 2 amide bonds. The maximum atomic E-state index is 14.4. The molecule has 2 N–H and O–H groups in total. The fourth-order valence-electron chi connectivity index (χ4n) is 3.34. The highest BCUT2D eigenvalue weighted by Gasteiger charge is 2.39. The molecule has 160 valence electrons. The number of carboxylic acid groups (broad SMARTS) is 1. The molecule has 1 aliphatic rings. The van der Waals surface area contributed by atoms with Crippen molar-refractivity contribution in [3.05, 3.63) is 48.0 Å². The van der Waals surface area contributed by atoms with Gasteiger partial charge in [0.1, 0.15) is 6.10 Å². The summed E-state index contributed by atoms with van der Waals surface area (Å²) in [6, 6.07) is 6.55. The predicted octanol–water partition coefficient (Wildman–Crippen LogP) is 3.47. The standard InChI is InChI=1S/C21H28F2N2O4/c1-24-15-17(25(20(24)29)14-8-3-2-7-11-19(27)28)12-13-18(26)21(22,23)16-9-5-4-6-10-16/h4-6,9-10,12-13,17-18,26H,2-3,7-8,11,14-15H2,1H3,(H,27,28)/b13-12+/t17-,18?/m0/s1. The Hall–Kier alpha value is -2.48. The summed E-state index contributed by atoms with van der Waals surface area (Å²) in [5.74, 6) is -4.25. The van der Waals surface area contributed by atoms with Crippen LogP contribution in [0.25, 0.3) is 0 Å². The molecule has 6 nitrogen and oxygen atoms in total. The van der Waals surface area contributed by atoms with Gasteiger partial charge in [-0.3, -0.25) is 4.79 Å². The molecule has 0 spiro atoms. The molecule has 1 fully saturated rings. The number of rotatable bonds is 11. The van der Waals surface area contributed by atoms with Crippen LogP contribution in [0.1, 0.15) is 37.7 Å². The molecule has 0 saturated carbocycles. The Morgan fingerprint density at radius 2 is 1.90 bits per heavy atom. The highest BCUT2D eigenvalue weighted by atomic mass is 19.3. The molecule has 1 saturated heterocycles. The molecule has 0 bridgehead atoms. The number of alkyl halides is 2. The number of unbranched alkanes of at least 4 members (excludes halogenated alkanes) is 3. The number of nitrogens with zero attached hydrogens (tertiary/aromatic N) is 2. The van der Waals surface area contributed by atoms with E-state index in [-0.39, 0.29) is 18.0 Å². The first-order valence-corrected chi connectivity index (χ1v) is 9.76. The van der Waals surface area contributed by atoms with E-state index in [2.05, 4.69) is 0 Å². The van der Waals surface area contributed by atoms with Gasteiger partial charge < -0.3 is 20.0 Å². The van der Waals surface area contributed by atoms with E-state index in [9.17, 15) is 23.5 Å². The molecular weight excluding hydrogens is 382 g/mol. The molecular formula is C21H28F2N2O4. The molecule has 2 atom stereocenters. The van der Waals surface area contributed by atoms with Gasteiger partial charge in [0.15, 0.2) is 0 Å². The Kier molecular flexibility index (Phi) is 8.13. The molecule has 0 aromatic heterocycles. The minimum absolute atomic E-state index is 0.129. The fraction of sp³-hybridized carbons (Fsp3) is 0.524. The number of aliphatic carboxylic acids is 1. The maximum absolute atomic E-state index is 14.4. The van der Waals surface area contributed by atoms with Crippen molar-refractivity contribution in [3.63, 3.8) is 0 Å². The van der Waals surface area contributed by atoms with Crippen LogP contribution in [0.4, 0.5) is 13.6 Å². The molecule has 29 heavy (non-hydrogen) atoms. The summed E-state index contributed by atoms with van der Waals surface area (Å²) in [6.07, 6.45) is 3.49. The number of urea groups is 1. The first-order chi connectivity index (χ1) is 13.7. The van der Waals surface area contributed by atoms with Gasteiger partial charge in [0.25, 0.3) is 0 Å². The smallest absolute Gasteiger partial charge is 0.320 e. The topological polar surface area (TPSA) is 81.1 Å². The zero-order valence-corrected chi connectivity index (χ0v) is 16.5. The number of likely N-dealkylation sites (N-methyl/N-ethyl adjacent to an activating group) is 1. The Morgan fingerprint density at radius 1 is 1.24 bits per heavy atom. The van der Waals surface area contributed by atoms with Crippen molar-refractivity contribution >= 4 is 12.0 Å². The molecule has 8 heteroatoms. The van der Waals surface area contributed by atoms with E-state index in [1.807, 2.05) is 0 Å². The summed E-state index contributed by atoms with van der Waals surface area (Å²) in [5.41, 5.74) is -0.269. The van der Waals surface area contributed by atoms with Crippen molar-refractivity contribution in [2.75, 3.05) is 20.1 Å². The third-order valence-corrected chi connectivity index (χ3v) is 5.02. The van der Waals surface area contributed by atoms with Gasteiger partial charge in [-0.1, -0.05) is 55.3 Å². The molecule has 2 rings (SSSR count). The molecule has 1 heterocycles. The second-order valence-electron chi connectivity index (χ2n) is 7.30. The maximum Gasteiger partial charge on any atom is 0.320 e. The van der Waals surface area contributed by atoms with Crippen LogP contribution in [0.5, 0.6) is 0 Å². The Labute approximate surface area is 169 Å². The van der Waals surface area contributed by atoms with Gasteiger partial charge >= 0.3 is 17.9 Å². The van der Waals surface area contributed by atoms with E-state index in [1.165, 1.54) is 35.2 Å². The van der Waals surface area contributed by atoms with Gasteiger partial charge in [-0.25, -0.2) is 4.79 Å². The van der Waals surface area contributed by atoms with Gasteiger partial charge in [0, 0.05) is 32.1 Å². The summed E-state index contributed by atoms with van der Waals surface area (Å²) in [7, 11) is 1.64. The normalized spacial score (nSPS) is 18.6. The largest absolute Gasteiger partial charge is 0.481 e. The summed E-state index contributed by atoms with van der Waals surface area (Å²) < 4.78 is 28.8. The van der Waals surface area contributed by atoms with Crippen molar-refractivity contribution in [3.8, 4) is 0 Å². The van der Waals surface area contributed by atoms with Crippen molar-refractivity contribution < 1.29 is 28.6 Å². The Bertz CT molecular complexity index is 712.